The highest BCUT2D eigenvalue weighted by Gasteiger charge is 2.10. The first-order valence-corrected chi connectivity index (χ1v) is 4.65. The molecule has 0 saturated heterocycles. The molecule has 1 aromatic carbocycles. The Morgan fingerprint density at radius 2 is 2.14 bits per heavy atom. The maximum Gasteiger partial charge on any atom is 0.288 e. The smallest absolute Gasteiger partial charge is 0.266 e. The molecule has 1 amide bonds. The summed E-state index contributed by atoms with van der Waals surface area (Å²) in [5.41, 5.74) is -0.0279. The van der Waals surface area contributed by atoms with Crippen LogP contribution in [0.5, 0.6) is 0 Å². The van der Waals surface area contributed by atoms with Crippen molar-refractivity contribution >= 4 is 33.9 Å². The van der Waals surface area contributed by atoms with Gasteiger partial charge in [-0.3, -0.25) is 4.79 Å². The molecule has 1 aromatic rings. The summed E-state index contributed by atoms with van der Waals surface area (Å²) in [5, 5.41) is 1.33. The van der Waals surface area contributed by atoms with E-state index >= 15 is 0 Å². The number of rotatable bonds is 0. The van der Waals surface area contributed by atoms with Crippen LogP contribution < -0.4 is 10.6 Å². The fourth-order valence-electron chi connectivity index (χ4n) is 1.20. The summed E-state index contributed by atoms with van der Waals surface area (Å²) < 4.78 is 0.847. The van der Waals surface area contributed by atoms with Crippen LogP contribution in [-0.4, -0.2) is 11.8 Å². The SMILES string of the molecule is O=C=C1C=c2ccc(Br)cc2=NC1=O. The maximum atomic E-state index is 11.2. The van der Waals surface area contributed by atoms with E-state index in [2.05, 4.69) is 20.9 Å². The molecule has 0 radical (unpaired) electrons. The van der Waals surface area contributed by atoms with Gasteiger partial charge in [-0.1, -0.05) is 22.0 Å². The number of nitrogens with zero attached hydrogens (tertiary/aromatic N) is 1. The van der Waals surface area contributed by atoms with Gasteiger partial charge in [-0.05, 0) is 18.2 Å². The fourth-order valence-corrected chi connectivity index (χ4v) is 1.54. The number of hydrogen-bond acceptors (Lipinski definition) is 2. The molecule has 0 N–H and O–H groups in total. The first-order valence-electron chi connectivity index (χ1n) is 3.86. The lowest BCUT2D eigenvalue weighted by Crippen LogP contribution is -2.30. The largest absolute Gasteiger partial charge is 0.288 e. The summed E-state index contributed by atoms with van der Waals surface area (Å²) in [6.45, 7) is 0. The Balaban J connectivity index is 2.86. The van der Waals surface area contributed by atoms with Gasteiger partial charge in [-0.25, -0.2) is 9.79 Å². The van der Waals surface area contributed by atoms with Crippen LogP contribution in [0.1, 0.15) is 0 Å². The van der Waals surface area contributed by atoms with E-state index in [1.807, 2.05) is 6.07 Å². The predicted molar refractivity (Wildman–Crippen MR) is 53.6 cm³/mol. The monoisotopic (exact) mass is 249 g/mol. The van der Waals surface area contributed by atoms with Crippen LogP contribution in [0.4, 0.5) is 0 Å². The van der Waals surface area contributed by atoms with Crippen LogP contribution in [0.3, 0.4) is 0 Å². The van der Waals surface area contributed by atoms with E-state index in [9.17, 15) is 9.59 Å². The normalized spacial score (nSPS) is 13.8. The molecule has 1 heterocycles. The third-order valence-electron chi connectivity index (χ3n) is 1.85. The molecule has 1 aliphatic heterocycles. The lowest BCUT2D eigenvalue weighted by Gasteiger charge is -1.99. The van der Waals surface area contributed by atoms with Gasteiger partial charge in [0, 0.05) is 9.69 Å². The van der Waals surface area contributed by atoms with Gasteiger partial charge in [-0.15, -0.1) is 0 Å². The van der Waals surface area contributed by atoms with Gasteiger partial charge in [-0.2, -0.15) is 0 Å². The standard InChI is InChI=1S/C10H4BrNO2/c11-8-2-1-6-3-7(5-13)10(14)12-9(6)4-8/h1-4H. The van der Waals surface area contributed by atoms with E-state index in [4.69, 9.17) is 0 Å². The summed E-state index contributed by atoms with van der Waals surface area (Å²) in [6, 6.07) is 5.33. The third kappa shape index (κ3) is 1.45. The Bertz CT molecular complexity index is 583. The van der Waals surface area contributed by atoms with Crippen molar-refractivity contribution in [2.24, 2.45) is 4.99 Å². The van der Waals surface area contributed by atoms with E-state index in [0.29, 0.717) is 5.36 Å². The van der Waals surface area contributed by atoms with Crippen molar-refractivity contribution in [1.82, 2.24) is 0 Å². The summed E-state index contributed by atoms with van der Waals surface area (Å²) in [7, 11) is 0. The molecule has 0 unspecified atom stereocenters. The number of benzene rings is 1. The molecule has 0 aliphatic carbocycles. The van der Waals surface area contributed by atoms with Gasteiger partial charge in [0.15, 0.2) is 0 Å². The highest BCUT2D eigenvalue weighted by molar-refractivity contribution is 9.10. The predicted octanol–water partition coefficient (Wildman–Crippen LogP) is 0.147. The Kier molecular flexibility index (Phi) is 2.15. The Hall–Kier alpha value is -1.51. The molecule has 1 aliphatic rings. The molecule has 0 saturated carbocycles. The Morgan fingerprint density at radius 3 is 2.86 bits per heavy atom. The molecular weight excluding hydrogens is 246 g/mol. The van der Waals surface area contributed by atoms with Crippen molar-refractivity contribution in [3.8, 4) is 0 Å². The first-order chi connectivity index (χ1) is 6.70. The zero-order valence-corrected chi connectivity index (χ0v) is 8.54. The number of halogens is 1. The van der Waals surface area contributed by atoms with Crippen molar-refractivity contribution in [2.45, 2.75) is 0 Å². The molecule has 3 nitrogen and oxygen atoms in total. The first kappa shape index (κ1) is 9.06. The molecular formula is C10H4BrNO2. The molecule has 2 rings (SSSR count). The quantitative estimate of drug-likeness (QED) is 0.486. The highest BCUT2D eigenvalue weighted by Crippen LogP contribution is 2.04. The molecule has 14 heavy (non-hydrogen) atoms. The van der Waals surface area contributed by atoms with Crippen LogP contribution in [-0.2, 0) is 9.59 Å². The lowest BCUT2D eigenvalue weighted by atomic mass is 10.1. The van der Waals surface area contributed by atoms with Crippen LogP contribution in [0.15, 0.2) is 33.2 Å². The average Bonchev–Trinajstić information content (AvgIpc) is 2.16. The van der Waals surface area contributed by atoms with Gasteiger partial charge in [0.05, 0.1) is 5.36 Å². The minimum atomic E-state index is -0.536. The molecule has 0 bridgehead atoms. The van der Waals surface area contributed by atoms with Gasteiger partial charge in [0.2, 0.25) is 0 Å². The topological polar surface area (TPSA) is 46.5 Å². The van der Waals surface area contributed by atoms with E-state index in [1.54, 1.807) is 18.1 Å². The number of hydrogen-bond donors (Lipinski definition) is 0. The average molecular weight is 250 g/mol. The van der Waals surface area contributed by atoms with Crippen molar-refractivity contribution in [3.05, 3.63) is 38.8 Å². The Morgan fingerprint density at radius 1 is 1.36 bits per heavy atom. The minimum absolute atomic E-state index is 0.0279. The highest BCUT2D eigenvalue weighted by atomic mass is 79.9. The number of carbonyl (C=O) groups excluding carboxylic acids is 2. The summed E-state index contributed by atoms with van der Waals surface area (Å²) in [5.74, 6) is 1.03. The summed E-state index contributed by atoms with van der Waals surface area (Å²) >= 11 is 3.27. The zero-order chi connectivity index (χ0) is 10.1. The van der Waals surface area contributed by atoms with Gasteiger partial charge < -0.3 is 0 Å². The number of amides is 1. The van der Waals surface area contributed by atoms with Gasteiger partial charge >= 0.3 is 0 Å². The second kappa shape index (κ2) is 3.33. The van der Waals surface area contributed by atoms with Crippen LogP contribution >= 0.6 is 15.9 Å². The van der Waals surface area contributed by atoms with Crippen LogP contribution in [0.25, 0.3) is 6.08 Å². The van der Waals surface area contributed by atoms with E-state index in [1.165, 1.54) is 6.08 Å². The molecule has 0 atom stereocenters. The summed E-state index contributed by atoms with van der Waals surface area (Å²) in [4.78, 5) is 25.3. The van der Waals surface area contributed by atoms with E-state index in [0.717, 1.165) is 9.69 Å². The molecule has 0 aromatic heterocycles. The van der Waals surface area contributed by atoms with Crippen LogP contribution in [0, 0.1) is 0 Å². The van der Waals surface area contributed by atoms with Crippen LogP contribution in [0.2, 0.25) is 0 Å². The third-order valence-corrected chi connectivity index (χ3v) is 2.35. The lowest BCUT2D eigenvalue weighted by molar-refractivity contribution is -0.114. The molecule has 68 valence electrons. The van der Waals surface area contributed by atoms with Crippen molar-refractivity contribution in [2.75, 3.05) is 0 Å². The van der Waals surface area contributed by atoms with Gasteiger partial charge in [0.1, 0.15) is 11.5 Å². The maximum absolute atomic E-state index is 11.2. The van der Waals surface area contributed by atoms with Gasteiger partial charge in [0.25, 0.3) is 5.91 Å². The summed E-state index contributed by atoms with van der Waals surface area (Å²) in [6.07, 6.45) is 1.49. The molecule has 4 heteroatoms. The van der Waals surface area contributed by atoms with E-state index < -0.39 is 5.91 Å². The number of carbonyl (C=O) groups is 1. The second-order valence-electron chi connectivity index (χ2n) is 2.78. The van der Waals surface area contributed by atoms with Crippen molar-refractivity contribution < 1.29 is 9.59 Å². The van der Waals surface area contributed by atoms with Crippen molar-refractivity contribution in [1.29, 1.82) is 0 Å². The fraction of sp³-hybridized carbons (Fsp3) is 0. The van der Waals surface area contributed by atoms with E-state index in [-0.39, 0.29) is 5.57 Å². The molecule has 0 fully saturated rings. The van der Waals surface area contributed by atoms with Crippen molar-refractivity contribution in [3.63, 3.8) is 0 Å². The minimum Gasteiger partial charge on any atom is -0.266 e. The number of fused-ring (bicyclic) bond motifs is 1. The Labute approximate surface area is 87.6 Å². The second-order valence-corrected chi connectivity index (χ2v) is 3.70. The molecule has 0 spiro atoms. The zero-order valence-electron chi connectivity index (χ0n) is 6.95.